The van der Waals surface area contributed by atoms with Crippen LogP contribution in [0, 0.1) is 6.57 Å². The van der Waals surface area contributed by atoms with Gasteiger partial charge in [0.25, 0.3) is 0 Å². The highest BCUT2D eigenvalue weighted by Crippen LogP contribution is 2.13. The highest BCUT2D eigenvalue weighted by atomic mass is 16.6. The van der Waals surface area contributed by atoms with Crippen LogP contribution in [0.15, 0.2) is 12.2 Å². The molecular formula is C14H22N2O4. The summed E-state index contributed by atoms with van der Waals surface area (Å²) in [4.78, 5) is 26.8. The maximum Gasteiger partial charge on any atom is 0.408 e. The van der Waals surface area contributed by atoms with E-state index in [2.05, 4.69) is 14.9 Å². The lowest BCUT2D eigenvalue weighted by molar-refractivity contribution is -0.145. The number of amides is 1. The van der Waals surface area contributed by atoms with E-state index in [1.807, 2.05) is 0 Å². The van der Waals surface area contributed by atoms with E-state index in [9.17, 15) is 9.59 Å². The Balaban J connectivity index is 4.88. The molecule has 6 heteroatoms. The zero-order valence-electron chi connectivity index (χ0n) is 12.6. The van der Waals surface area contributed by atoms with Crippen LogP contribution >= 0.6 is 0 Å². The summed E-state index contributed by atoms with van der Waals surface area (Å²) in [7, 11) is 1.24. The molecule has 1 amide bonds. The molecule has 0 heterocycles. The van der Waals surface area contributed by atoms with Crippen molar-refractivity contribution in [2.24, 2.45) is 0 Å². The Kier molecular flexibility index (Phi) is 6.77. The van der Waals surface area contributed by atoms with Crippen molar-refractivity contribution in [3.8, 4) is 0 Å². The summed E-state index contributed by atoms with van der Waals surface area (Å²) in [6.07, 6.45) is 2.95. The molecule has 0 rings (SSSR count). The summed E-state index contributed by atoms with van der Waals surface area (Å²) in [6, 6.07) is 0. The van der Waals surface area contributed by atoms with E-state index in [0.717, 1.165) is 0 Å². The van der Waals surface area contributed by atoms with Gasteiger partial charge in [0, 0.05) is 6.42 Å². The lowest BCUT2D eigenvalue weighted by atomic mass is 10.0. The molecule has 0 saturated heterocycles. The summed E-state index contributed by atoms with van der Waals surface area (Å²) in [5.41, 5.74) is -1.98. The van der Waals surface area contributed by atoms with Crippen LogP contribution in [0.4, 0.5) is 4.79 Å². The van der Waals surface area contributed by atoms with Crippen molar-refractivity contribution in [2.75, 3.05) is 13.7 Å². The topological polar surface area (TPSA) is 69.0 Å². The fourth-order valence-electron chi connectivity index (χ4n) is 1.35. The van der Waals surface area contributed by atoms with Crippen molar-refractivity contribution in [3.63, 3.8) is 0 Å². The molecule has 0 aromatic heterocycles. The first-order valence-electron chi connectivity index (χ1n) is 6.25. The molecule has 0 aliphatic rings. The highest BCUT2D eigenvalue weighted by Gasteiger charge is 2.35. The first-order valence-corrected chi connectivity index (χ1v) is 6.25. The number of esters is 1. The van der Waals surface area contributed by atoms with Gasteiger partial charge >= 0.3 is 12.1 Å². The van der Waals surface area contributed by atoms with Gasteiger partial charge in [-0.2, -0.15) is 0 Å². The predicted molar refractivity (Wildman–Crippen MR) is 75.0 cm³/mol. The Bertz CT molecular complexity index is 418. The number of nitrogens with one attached hydrogen (secondary N) is 1. The standard InChI is InChI=1S/C14H22N2O4/c1-13(2,3)20-12(18)16-14(4,11(17)19-6)9-7-8-10-15-5/h7,9H,8,10H2,1-4,6H3,(H,16,18). The lowest BCUT2D eigenvalue weighted by Crippen LogP contribution is -2.52. The van der Waals surface area contributed by atoms with Crippen LogP contribution in [0.3, 0.4) is 0 Å². The minimum Gasteiger partial charge on any atom is -0.467 e. The minimum atomic E-state index is -1.32. The Morgan fingerprint density at radius 3 is 2.35 bits per heavy atom. The number of rotatable bonds is 5. The SMILES string of the molecule is [C-]#[N+]CCC=CC(C)(NC(=O)OC(C)(C)C)C(=O)OC. The first kappa shape index (κ1) is 18.0. The van der Waals surface area contributed by atoms with Crippen molar-refractivity contribution >= 4 is 12.1 Å². The van der Waals surface area contributed by atoms with Crippen LogP contribution in [0.25, 0.3) is 4.85 Å². The number of carbonyl (C=O) groups excluding carboxylic acids is 2. The van der Waals surface area contributed by atoms with Gasteiger partial charge in [0.15, 0.2) is 5.54 Å². The molecule has 0 aliphatic carbocycles. The van der Waals surface area contributed by atoms with Gasteiger partial charge in [-0.15, -0.1) is 0 Å². The number of hydrogen-bond acceptors (Lipinski definition) is 4. The normalized spacial score (nSPS) is 14.2. The summed E-state index contributed by atoms with van der Waals surface area (Å²) in [5, 5.41) is 2.48. The molecule has 1 unspecified atom stereocenters. The second-order valence-electron chi connectivity index (χ2n) is 5.39. The summed E-state index contributed by atoms with van der Waals surface area (Å²) in [6.45, 7) is 13.7. The lowest BCUT2D eigenvalue weighted by Gasteiger charge is -2.27. The van der Waals surface area contributed by atoms with E-state index in [0.29, 0.717) is 13.0 Å². The van der Waals surface area contributed by atoms with Gasteiger partial charge in [-0.1, -0.05) is 12.2 Å². The Morgan fingerprint density at radius 1 is 1.30 bits per heavy atom. The van der Waals surface area contributed by atoms with E-state index >= 15 is 0 Å². The van der Waals surface area contributed by atoms with Gasteiger partial charge < -0.3 is 19.6 Å². The van der Waals surface area contributed by atoms with Gasteiger partial charge in [-0.3, -0.25) is 0 Å². The molecule has 0 aromatic carbocycles. The number of methoxy groups -OCH3 is 1. The van der Waals surface area contributed by atoms with Crippen LogP contribution in [0.2, 0.25) is 0 Å². The van der Waals surface area contributed by atoms with Crippen molar-refractivity contribution in [2.45, 2.75) is 45.3 Å². The molecule has 0 aromatic rings. The number of hydrogen-bond donors (Lipinski definition) is 1. The quantitative estimate of drug-likeness (QED) is 0.363. The fraction of sp³-hybridized carbons (Fsp3) is 0.643. The summed E-state index contributed by atoms with van der Waals surface area (Å²) in [5.74, 6) is -0.609. The monoisotopic (exact) mass is 282 g/mol. The summed E-state index contributed by atoms with van der Waals surface area (Å²) < 4.78 is 9.80. The third-order valence-electron chi connectivity index (χ3n) is 2.23. The van der Waals surface area contributed by atoms with Gasteiger partial charge in [-0.25, -0.2) is 16.2 Å². The third-order valence-corrected chi connectivity index (χ3v) is 2.23. The highest BCUT2D eigenvalue weighted by molar-refractivity contribution is 5.87. The molecule has 6 nitrogen and oxygen atoms in total. The minimum absolute atomic E-state index is 0.320. The zero-order valence-corrected chi connectivity index (χ0v) is 12.6. The van der Waals surface area contributed by atoms with Crippen molar-refractivity contribution in [3.05, 3.63) is 23.6 Å². The van der Waals surface area contributed by atoms with Gasteiger partial charge in [0.2, 0.25) is 6.54 Å². The van der Waals surface area contributed by atoms with Gasteiger partial charge in [-0.05, 0) is 27.7 Å². The van der Waals surface area contributed by atoms with Crippen LogP contribution in [0.5, 0.6) is 0 Å². The molecule has 0 radical (unpaired) electrons. The van der Waals surface area contributed by atoms with Crippen LogP contribution in [-0.2, 0) is 14.3 Å². The molecule has 0 bridgehead atoms. The molecule has 0 spiro atoms. The smallest absolute Gasteiger partial charge is 0.408 e. The molecule has 112 valence electrons. The Hall–Kier alpha value is -2.03. The van der Waals surface area contributed by atoms with Crippen molar-refractivity contribution in [1.29, 1.82) is 0 Å². The molecular weight excluding hydrogens is 260 g/mol. The largest absolute Gasteiger partial charge is 0.467 e. The van der Waals surface area contributed by atoms with Crippen molar-refractivity contribution < 1.29 is 19.1 Å². The van der Waals surface area contributed by atoms with Crippen molar-refractivity contribution in [1.82, 2.24) is 5.32 Å². The van der Waals surface area contributed by atoms with Gasteiger partial charge in [0.05, 0.1) is 7.11 Å². The second-order valence-corrected chi connectivity index (χ2v) is 5.39. The predicted octanol–water partition coefficient (Wildman–Crippen LogP) is 2.31. The molecule has 20 heavy (non-hydrogen) atoms. The summed E-state index contributed by atoms with van der Waals surface area (Å²) >= 11 is 0. The average Bonchev–Trinajstić information content (AvgIpc) is 2.31. The van der Waals surface area contributed by atoms with Gasteiger partial charge in [0.1, 0.15) is 5.60 Å². The molecule has 1 N–H and O–H groups in total. The molecule has 0 fully saturated rings. The number of carbonyl (C=O) groups is 2. The Morgan fingerprint density at radius 2 is 1.90 bits per heavy atom. The number of nitrogens with zero attached hydrogens (tertiary/aromatic N) is 1. The fourth-order valence-corrected chi connectivity index (χ4v) is 1.35. The molecule has 1 atom stereocenters. The van der Waals surface area contributed by atoms with E-state index in [-0.39, 0.29) is 0 Å². The average molecular weight is 282 g/mol. The van der Waals surface area contributed by atoms with Crippen LogP contribution in [-0.4, -0.2) is 36.9 Å². The Labute approximate surface area is 119 Å². The third kappa shape index (κ3) is 6.78. The van der Waals surface area contributed by atoms with E-state index < -0.39 is 23.2 Å². The second kappa shape index (κ2) is 7.53. The number of alkyl carbamates (subject to hydrolysis) is 1. The molecule has 0 saturated carbocycles. The van der Waals surface area contributed by atoms with Crippen LogP contribution in [0.1, 0.15) is 34.1 Å². The molecule has 0 aliphatic heterocycles. The van der Waals surface area contributed by atoms with E-state index in [1.54, 1.807) is 26.8 Å². The maximum atomic E-state index is 11.8. The maximum absolute atomic E-state index is 11.8. The number of ether oxygens (including phenoxy) is 2. The zero-order chi connectivity index (χ0) is 15.8. The first-order chi connectivity index (χ1) is 9.14. The van der Waals surface area contributed by atoms with E-state index in [1.165, 1.54) is 20.1 Å². The van der Waals surface area contributed by atoms with Crippen LogP contribution < -0.4 is 5.32 Å². The van der Waals surface area contributed by atoms with E-state index in [4.69, 9.17) is 11.3 Å².